The topological polar surface area (TPSA) is 80.5 Å². The first-order valence-corrected chi connectivity index (χ1v) is 12.8. The van der Waals surface area contributed by atoms with E-state index in [-0.39, 0.29) is 12.1 Å². The maximum atomic E-state index is 13.2. The second kappa shape index (κ2) is 9.82. The van der Waals surface area contributed by atoms with Crippen molar-refractivity contribution in [1.29, 1.82) is 0 Å². The lowest BCUT2D eigenvalue weighted by Crippen LogP contribution is -2.48. The summed E-state index contributed by atoms with van der Waals surface area (Å²) in [7, 11) is 0. The lowest BCUT2D eigenvalue weighted by atomic mass is 9.94. The van der Waals surface area contributed by atoms with Gasteiger partial charge in [0, 0.05) is 27.8 Å². The number of nitrogens with zero attached hydrogens (tertiary/aromatic N) is 3. The number of hydrogen-bond acceptors (Lipinski definition) is 6. The van der Waals surface area contributed by atoms with Gasteiger partial charge in [0.15, 0.2) is 0 Å². The number of allylic oxidation sites excluding steroid dienone is 1. The zero-order valence-electron chi connectivity index (χ0n) is 19.0. The Balaban J connectivity index is 1.56. The highest BCUT2D eigenvalue weighted by Gasteiger charge is 2.37. The van der Waals surface area contributed by atoms with Crippen molar-refractivity contribution in [1.82, 2.24) is 20.4 Å². The molecule has 9 heteroatoms. The number of rotatable bonds is 6. The average Bonchev–Trinajstić information content (AvgIpc) is 3.54. The van der Waals surface area contributed by atoms with Crippen molar-refractivity contribution < 1.29 is 14.1 Å². The smallest absolute Gasteiger partial charge is 0.322 e. The fraction of sp³-hybridized carbons (Fsp3) is 0.320. The number of carbonyl (C=O) groups is 1. The number of nitrogens with one attached hydrogen (secondary N) is 1. The minimum atomic E-state index is -0.420. The predicted molar refractivity (Wildman–Crippen MR) is 133 cm³/mol. The van der Waals surface area contributed by atoms with Crippen molar-refractivity contribution in [2.24, 2.45) is 0 Å². The molecule has 34 heavy (non-hydrogen) atoms. The molecule has 7 nitrogen and oxygen atoms in total. The molecule has 3 aromatic rings. The first kappa shape index (κ1) is 23.0. The summed E-state index contributed by atoms with van der Waals surface area (Å²) in [6, 6.07) is 14.9. The summed E-state index contributed by atoms with van der Waals surface area (Å²) in [6.45, 7) is 3.14. The number of aromatic nitrogens is 2. The molecule has 0 spiro atoms. The summed E-state index contributed by atoms with van der Waals surface area (Å²) in [6.07, 6.45) is 3.99. The third-order valence-corrected chi connectivity index (χ3v) is 7.17. The molecule has 0 aliphatic carbocycles. The highest BCUT2D eigenvalue weighted by atomic mass is 35.5. The van der Waals surface area contributed by atoms with Gasteiger partial charge < -0.3 is 14.6 Å². The van der Waals surface area contributed by atoms with E-state index in [4.69, 9.17) is 20.9 Å². The summed E-state index contributed by atoms with van der Waals surface area (Å²) in [5.74, 6) is 0.806. The van der Waals surface area contributed by atoms with Crippen LogP contribution in [0.2, 0.25) is 5.02 Å². The lowest BCUT2D eigenvalue weighted by Gasteiger charge is -2.36. The van der Waals surface area contributed by atoms with E-state index in [0.717, 1.165) is 46.7 Å². The molecule has 0 radical (unpaired) electrons. The number of amides is 2. The highest BCUT2D eigenvalue weighted by molar-refractivity contribution is 7.98. The Morgan fingerprint density at radius 1 is 1.24 bits per heavy atom. The van der Waals surface area contributed by atoms with Gasteiger partial charge in [-0.3, -0.25) is 4.90 Å². The quantitative estimate of drug-likeness (QED) is 0.435. The summed E-state index contributed by atoms with van der Waals surface area (Å²) in [5, 5.41) is 7.95. The Hall–Kier alpha value is -2.81. The van der Waals surface area contributed by atoms with E-state index in [0.29, 0.717) is 23.3 Å². The largest absolute Gasteiger partial charge is 0.376 e. The van der Waals surface area contributed by atoms with Gasteiger partial charge >= 0.3 is 6.03 Å². The van der Waals surface area contributed by atoms with Gasteiger partial charge in [-0.05, 0) is 55.9 Å². The van der Waals surface area contributed by atoms with Gasteiger partial charge in [-0.1, -0.05) is 41.0 Å². The van der Waals surface area contributed by atoms with Gasteiger partial charge in [0.05, 0.1) is 24.3 Å². The van der Waals surface area contributed by atoms with Crippen molar-refractivity contribution >= 4 is 35.0 Å². The minimum absolute atomic E-state index is 0.0177. The number of thioether (sulfide) groups is 1. The normalized spacial score (nSPS) is 20.7. The Morgan fingerprint density at radius 2 is 2.06 bits per heavy atom. The van der Waals surface area contributed by atoms with E-state index < -0.39 is 6.04 Å². The van der Waals surface area contributed by atoms with E-state index in [1.54, 1.807) is 28.8 Å². The zero-order valence-corrected chi connectivity index (χ0v) is 20.5. The lowest BCUT2D eigenvalue weighted by molar-refractivity contribution is 0.0877. The molecular formula is C25H25ClN4O3S. The minimum Gasteiger partial charge on any atom is -0.376 e. The van der Waals surface area contributed by atoms with Gasteiger partial charge in [0.1, 0.15) is 0 Å². The molecule has 2 aromatic carbocycles. The van der Waals surface area contributed by atoms with Crippen LogP contribution in [0.15, 0.2) is 63.6 Å². The highest BCUT2D eigenvalue weighted by Crippen LogP contribution is 2.38. The molecule has 0 bridgehead atoms. The van der Waals surface area contributed by atoms with Gasteiger partial charge in [0.2, 0.25) is 5.82 Å². The Labute approximate surface area is 207 Å². The van der Waals surface area contributed by atoms with Crippen LogP contribution in [0, 0.1) is 0 Å². The molecule has 1 saturated heterocycles. The molecule has 2 aliphatic rings. The number of urea groups is 1. The van der Waals surface area contributed by atoms with E-state index in [1.807, 2.05) is 49.6 Å². The summed E-state index contributed by atoms with van der Waals surface area (Å²) >= 11 is 7.82. The van der Waals surface area contributed by atoms with Crippen LogP contribution < -0.4 is 5.32 Å². The molecule has 2 unspecified atom stereocenters. The molecule has 1 aromatic heterocycles. The van der Waals surface area contributed by atoms with Crippen molar-refractivity contribution in [3.05, 3.63) is 70.7 Å². The fourth-order valence-corrected chi connectivity index (χ4v) is 4.99. The third-order valence-electron chi connectivity index (χ3n) is 6.19. The zero-order chi connectivity index (χ0) is 23.7. The molecule has 3 heterocycles. The molecule has 176 valence electrons. The van der Waals surface area contributed by atoms with E-state index in [2.05, 4.69) is 15.5 Å². The number of halogens is 1. The predicted octanol–water partition coefficient (Wildman–Crippen LogP) is 5.79. The van der Waals surface area contributed by atoms with Crippen LogP contribution in [0.3, 0.4) is 0 Å². The summed E-state index contributed by atoms with van der Waals surface area (Å²) < 4.78 is 11.5. The molecule has 2 aliphatic heterocycles. The SMILES string of the molecule is CSc1ccc(C2NC(=O)N(CC3CCCO3)C(C)=C2c2nc(-c3cccc(Cl)c3)no2)cc1. The summed E-state index contributed by atoms with van der Waals surface area (Å²) in [5.41, 5.74) is 3.26. The molecule has 2 amide bonds. The fourth-order valence-electron chi connectivity index (χ4n) is 4.39. The van der Waals surface area contributed by atoms with Gasteiger partial charge in [-0.25, -0.2) is 4.79 Å². The van der Waals surface area contributed by atoms with Crippen molar-refractivity contribution in [3.63, 3.8) is 0 Å². The Morgan fingerprint density at radius 3 is 2.76 bits per heavy atom. The molecular weight excluding hydrogens is 472 g/mol. The van der Waals surface area contributed by atoms with Gasteiger partial charge in [-0.2, -0.15) is 4.98 Å². The molecule has 5 rings (SSSR count). The van der Waals surface area contributed by atoms with Crippen LogP contribution in [0.4, 0.5) is 4.79 Å². The maximum Gasteiger partial charge on any atom is 0.322 e. The monoisotopic (exact) mass is 496 g/mol. The van der Waals surface area contributed by atoms with Gasteiger partial charge in [0.25, 0.3) is 5.89 Å². The third kappa shape index (κ3) is 4.58. The number of ether oxygens (including phenoxy) is 1. The second-order valence-corrected chi connectivity index (χ2v) is 9.65. The van der Waals surface area contributed by atoms with Gasteiger partial charge in [-0.15, -0.1) is 11.8 Å². The van der Waals surface area contributed by atoms with Crippen LogP contribution in [0.5, 0.6) is 0 Å². The molecule has 2 atom stereocenters. The van der Waals surface area contributed by atoms with Crippen LogP contribution in [-0.2, 0) is 4.74 Å². The standard InChI is InChI=1S/C25H25ClN4O3S/c1-15-21(24-28-23(29-33-24)17-5-3-6-18(26)13-17)22(16-8-10-20(34-2)11-9-16)27-25(31)30(15)14-19-7-4-12-32-19/h3,5-6,8-11,13,19,22H,4,7,12,14H2,1-2H3,(H,27,31). The van der Waals surface area contributed by atoms with Crippen LogP contribution in [0.1, 0.15) is 37.3 Å². The number of carbonyl (C=O) groups excluding carboxylic acids is 1. The number of hydrogen-bond donors (Lipinski definition) is 1. The van der Waals surface area contributed by atoms with Crippen LogP contribution >= 0.6 is 23.4 Å². The molecule has 1 N–H and O–H groups in total. The van der Waals surface area contributed by atoms with Crippen molar-refractivity contribution in [2.75, 3.05) is 19.4 Å². The first-order valence-electron chi connectivity index (χ1n) is 11.2. The van der Waals surface area contributed by atoms with Crippen molar-refractivity contribution in [2.45, 2.75) is 36.8 Å². The molecule has 0 saturated carbocycles. The second-order valence-electron chi connectivity index (χ2n) is 8.33. The van der Waals surface area contributed by atoms with Crippen LogP contribution in [0.25, 0.3) is 17.0 Å². The maximum absolute atomic E-state index is 13.2. The summed E-state index contributed by atoms with van der Waals surface area (Å²) in [4.78, 5) is 20.7. The molecule has 1 fully saturated rings. The number of benzene rings is 2. The first-order chi connectivity index (χ1) is 16.5. The van der Waals surface area contributed by atoms with E-state index >= 15 is 0 Å². The Kier molecular flexibility index (Phi) is 6.63. The average molecular weight is 497 g/mol. The van der Waals surface area contributed by atoms with E-state index in [1.165, 1.54) is 0 Å². The Bertz CT molecular complexity index is 1220. The van der Waals surface area contributed by atoms with E-state index in [9.17, 15) is 4.79 Å². The van der Waals surface area contributed by atoms with Crippen LogP contribution in [-0.4, -0.2) is 46.6 Å². The van der Waals surface area contributed by atoms with Crippen molar-refractivity contribution in [3.8, 4) is 11.4 Å².